The van der Waals surface area contributed by atoms with Crippen LogP contribution < -0.4 is 10.6 Å². The lowest BCUT2D eigenvalue weighted by molar-refractivity contribution is -0.115. The van der Waals surface area contributed by atoms with Crippen molar-refractivity contribution in [3.8, 4) is 0 Å². The van der Waals surface area contributed by atoms with Crippen molar-refractivity contribution in [3.05, 3.63) is 18.2 Å². The zero-order chi connectivity index (χ0) is 13.1. The first-order valence-corrected chi connectivity index (χ1v) is 6.62. The van der Waals surface area contributed by atoms with Gasteiger partial charge in [-0.25, -0.2) is 0 Å². The molecule has 1 aliphatic rings. The van der Waals surface area contributed by atoms with Gasteiger partial charge in [0.2, 0.25) is 5.91 Å². The molecule has 1 heterocycles. The van der Waals surface area contributed by atoms with Crippen LogP contribution in [0.25, 0.3) is 0 Å². The van der Waals surface area contributed by atoms with E-state index in [0.29, 0.717) is 0 Å². The van der Waals surface area contributed by atoms with Crippen LogP contribution in [0.3, 0.4) is 0 Å². The molecule has 6 heteroatoms. The number of aliphatic hydroxyl groups is 2. The molecule has 1 aromatic carbocycles. The van der Waals surface area contributed by atoms with Gasteiger partial charge < -0.3 is 20.8 Å². The molecule has 0 saturated carbocycles. The van der Waals surface area contributed by atoms with Gasteiger partial charge in [-0.3, -0.25) is 4.79 Å². The second-order valence-electron chi connectivity index (χ2n) is 4.18. The van der Waals surface area contributed by atoms with Crippen molar-refractivity contribution in [2.24, 2.45) is 0 Å². The lowest BCUT2D eigenvalue weighted by atomic mass is 10.2. The van der Waals surface area contributed by atoms with E-state index in [1.807, 2.05) is 25.1 Å². The highest BCUT2D eigenvalue weighted by Crippen LogP contribution is 2.36. The fourth-order valence-corrected chi connectivity index (χ4v) is 2.55. The molecule has 1 aliphatic heterocycles. The maximum atomic E-state index is 11.6. The molecule has 1 aromatic rings. The molecule has 18 heavy (non-hydrogen) atoms. The Morgan fingerprint density at radius 1 is 1.56 bits per heavy atom. The van der Waals surface area contributed by atoms with E-state index in [1.165, 1.54) is 11.8 Å². The van der Waals surface area contributed by atoms with Gasteiger partial charge in [0, 0.05) is 17.1 Å². The second kappa shape index (κ2) is 5.60. The van der Waals surface area contributed by atoms with E-state index < -0.39 is 6.10 Å². The highest BCUT2D eigenvalue weighted by molar-refractivity contribution is 8.00. The zero-order valence-corrected chi connectivity index (χ0v) is 10.8. The quantitative estimate of drug-likeness (QED) is 0.652. The number of amides is 1. The predicted octanol–water partition coefficient (Wildman–Crippen LogP) is 0.884. The van der Waals surface area contributed by atoms with Gasteiger partial charge >= 0.3 is 0 Å². The summed E-state index contributed by atoms with van der Waals surface area (Å²) in [6.07, 6.45) is -0.787. The number of fused-ring (bicyclic) bond motifs is 1. The number of nitrogens with one attached hydrogen (secondary N) is 2. The third-order valence-electron chi connectivity index (χ3n) is 2.66. The average molecular weight is 268 g/mol. The first kappa shape index (κ1) is 13.2. The Morgan fingerprint density at radius 3 is 3.06 bits per heavy atom. The van der Waals surface area contributed by atoms with Crippen molar-refractivity contribution in [2.45, 2.75) is 23.2 Å². The molecule has 1 amide bonds. The topological polar surface area (TPSA) is 81.6 Å². The van der Waals surface area contributed by atoms with Gasteiger partial charge in [0.1, 0.15) is 0 Å². The number of aliphatic hydroxyl groups excluding tert-OH is 2. The van der Waals surface area contributed by atoms with Crippen LogP contribution in [0.4, 0.5) is 11.4 Å². The molecule has 0 bridgehead atoms. The summed E-state index contributed by atoms with van der Waals surface area (Å²) in [5.74, 6) is 0.0000397. The minimum absolute atomic E-state index is 0.0000397. The molecule has 2 rings (SSSR count). The van der Waals surface area contributed by atoms with Crippen LogP contribution >= 0.6 is 11.8 Å². The molecule has 2 unspecified atom stereocenters. The average Bonchev–Trinajstić information content (AvgIpc) is 2.37. The van der Waals surface area contributed by atoms with Crippen LogP contribution in [0.1, 0.15) is 6.92 Å². The standard InChI is InChI=1S/C12H16N2O3S/c1-7-12(17)14-10-4-8(2-3-11(10)18-7)13-5-9(16)6-15/h2-4,7,9,13,15-16H,5-6H2,1H3,(H,14,17). The van der Waals surface area contributed by atoms with Gasteiger partial charge in [0.15, 0.2) is 0 Å². The molecule has 4 N–H and O–H groups in total. The van der Waals surface area contributed by atoms with Crippen LogP contribution in [0, 0.1) is 0 Å². The number of carbonyl (C=O) groups is 1. The lowest BCUT2D eigenvalue weighted by Crippen LogP contribution is -2.26. The summed E-state index contributed by atoms with van der Waals surface area (Å²) < 4.78 is 0. The molecule has 0 aromatic heterocycles. The molecule has 0 aliphatic carbocycles. The third kappa shape index (κ3) is 2.95. The summed E-state index contributed by atoms with van der Waals surface area (Å²) in [7, 11) is 0. The van der Waals surface area contributed by atoms with Crippen molar-refractivity contribution >= 4 is 29.0 Å². The molecule has 0 radical (unpaired) electrons. The summed E-state index contributed by atoms with van der Waals surface area (Å²) in [5.41, 5.74) is 1.59. The van der Waals surface area contributed by atoms with Crippen molar-refractivity contribution in [1.29, 1.82) is 0 Å². The number of hydrogen-bond donors (Lipinski definition) is 4. The normalized spacial score (nSPS) is 19.9. The van der Waals surface area contributed by atoms with Crippen molar-refractivity contribution < 1.29 is 15.0 Å². The Labute approximate surface area is 110 Å². The summed E-state index contributed by atoms with van der Waals surface area (Å²) in [6, 6.07) is 5.65. The fraction of sp³-hybridized carbons (Fsp3) is 0.417. The van der Waals surface area contributed by atoms with Gasteiger partial charge in [0.25, 0.3) is 0 Å². The van der Waals surface area contributed by atoms with Crippen LogP contribution in [-0.2, 0) is 4.79 Å². The van der Waals surface area contributed by atoms with Crippen LogP contribution in [-0.4, -0.2) is 40.6 Å². The number of benzene rings is 1. The Bertz CT molecular complexity index is 453. The maximum Gasteiger partial charge on any atom is 0.237 e. The first-order chi connectivity index (χ1) is 8.60. The number of rotatable bonds is 4. The highest BCUT2D eigenvalue weighted by Gasteiger charge is 2.22. The van der Waals surface area contributed by atoms with Crippen LogP contribution in [0.15, 0.2) is 23.1 Å². The van der Waals surface area contributed by atoms with Gasteiger partial charge in [0.05, 0.1) is 23.6 Å². The van der Waals surface area contributed by atoms with E-state index in [2.05, 4.69) is 10.6 Å². The molecular formula is C12H16N2O3S. The Hall–Kier alpha value is -1.24. The van der Waals surface area contributed by atoms with Crippen molar-refractivity contribution in [3.63, 3.8) is 0 Å². The minimum Gasteiger partial charge on any atom is -0.394 e. The van der Waals surface area contributed by atoms with E-state index in [0.717, 1.165) is 16.3 Å². The first-order valence-electron chi connectivity index (χ1n) is 5.74. The van der Waals surface area contributed by atoms with E-state index in [-0.39, 0.29) is 24.3 Å². The maximum absolute atomic E-state index is 11.6. The fourth-order valence-electron chi connectivity index (χ4n) is 1.62. The molecule has 5 nitrogen and oxygen atoms in total. The summed E-state index contributed by atoms with van der Waals surface area (Å²) in [5, 5.41) is 23.7. The number of thioether (sulfide) groups is 1. The van der Waals surface area contributed by atoms with E-state index in [9.17, 15) is 9.90 Å². The Balaban J connectivity index is 2.08. The van der Waals surface area contributed by atoms with Gasteiger partial charge in [-0.1, -0.05) is 0 Å². The molecule has 0 spiro atoms. The largest absolute Gasteiger partial charge is 0.394 e. The van der Waals surface area contributed by atoms with Crippen molar-refractivity contribution in [1.82, 2.24) is 0 Å². The van der Waals surface area contributed by atoms with Gasteiger partial charge in [-0.05, 0) is 25.1 Å². The second-order valence-corrected chi connectivity index (χ2v) is 5.56. The van der Waals surface area contributed by atoms with E-state index >= 15 is 0 Å². The molecular weight excluding hydrogens is 252 g/mol. The molecule has 98 valence electrons. The number of carbonyl (C=O) groups excluding carboxylic acids is 1. The third-order valence-corrected chi connectivity index (χ3v) is 3.84. The summed E-state index contributed by atoms with van der Waals surface area (Å²) in [6.45, 7) is 1.86. The van der Waals surface area contributed by atoms with Crippen LogP contribution in [0.2, 0.25) is 0 Å². The van der Waals surface area contributed by atoms with Crippen LogP contribution in [0.5, 0.6) is 0 Å². The van der Waals surface area contributed by atoms with Gasteiger partial charge in [-0.15, -0.1) is 11.8 Å². The number of hydrogen-bond acceptors (Lipinski definition) is 5. The lowest BCUT2D eigenvalue weighted by Gasteiger charge is -2.22. The monoisotopic (exact) mass is 268 g/mol. The zero-order valence-electron chi connectivity index (χ0n) is 10.0. The molecule has 0 fully saturated rings. The number of anilines is 2. The van der Waals surface area contributed by atoms with Crippen molar-refractivity contribution in [2.75, 3.05) is 23.8 Å². The van der Waals surface area contributed by atoms with Gasteiger partial charge in [-0.2, -0.15) is 0 Å². The SMILES string of the molecule is CC1Sc2ccc(NCC(O)CO)cc2NC1=O. The Morgan fingerprint density at radius 2 is 2.33 bits per heavy atom. The molecule has 0 saturated heterocycles. The minimum atomic E-state index is -0.787. The van der Waals surface area contributed by atoms with E-state index in [1.54, 1.807) is 0 Å². The van der Waals surface area contributed by atoms with E-state index in [4.69, 9.17) is 5.11 Å². The summed E-state index contributed by atoms with van der Waals surface area (Å²) >= 11 is 1.53. The Kier molecular flexibility index (Phi) is 4.11. The molecule has 2 atom stereocenters. The predicted molar refractivity (Wildman–Crippen MR) is 72.0 cm³/mol. The summed E-state index contributed by atoms with van der Waals surface area (Å²) in [4.78, 5) is 12.6. The highest BCUT2D eigenvalue weighted by atomic mass is 32.2. The smallest absolute Gasteiger partial charge is 0.237 e.